The van der Waals surface area contributed by atoms with Crippen molar-refractivity contribution in [3.05, 3.63) is 0 Å². The number of thioether (sulfide) groups is 4. The molecule has 0 aromatic carbocycles. The average molecular weight is 639 g/mol. The van der Waals surface area contributed by atoms with Crippen molar-refractivity contribution < 1.29 is 38.2 Å². The van der Waals surface area contributed by atoms with Gasteiger partial charge in [0.15, 0.2) is 20.5 Å². The first-order chi connectivity index (χ1) is 19.0. The minimum atomic E-state index is -0.807. The number of piperazine rings is 1. The number of hydrogen-bond acceptors (Lipinski definition) is 12. The van der Waals surface area contributed by atoms with Crippen LogP contribution in [0.1, 0.15) is 53.4 Å². The standard InChI is InChI=1S/C26H42N2O8S4/c1-19(29)37-13-5-9-27-23(17-35-11-7-15-39-21(3)31)26(34)28(10-6-14-38-20(2)30)24(25(27)33)18-36-12-8-16-40-22(4)32/h23-24H,5-18H2,1-4H3. The van der Waals surface area contributed by atoms with E-state index in [1.54, 1.807) is 9.80 Å². The van der Waals surface area contributed by atoms with Gasteiger partial charge in [0.2, 0.25) is 11.8 Å². The van der Waals surface area contributed by atoms with Gasteiger partial charge in [-0.3, -0.25) is 28.8 Å². The maximum atomic E-state index is 13.8. The summed E-state index contributed by atoms with van der Waals surface area (Å²) in [5.74, 6) is 1.83. The van der Waals surface area contributed by atoms with Crippen molar-refractivity contribution in [3.8, 4) is 0 Å². The van der Waals surface area contributed by atoms with E-state index in [1.165, 1.54) is 74.7 Å². The van der Waals surface area contributed by atoms with Crippen LogP contribution in [0, 0.1) is 0 Å². The molecule has 1 fully saturated rings. The monoisotopic (exact) mass is 638 g/mol. The van der Waals surface area contributed by atoms with E-state index < -0.39 is 12.1 Å². The van der Waals surface area contributed by atoms with Crippen LogP contribution in [-0.2, 0) is 38.2 Å². The molecule has 1 aliphatic rings. The second-order valence-corrected chi connectivity index (χ2v) is 14.1. The van der Waals surface area contributed by atoms with Crippen molar-refractivity contribution >= 4 is 79.3 Å². The van der Waals surface area contributed by atoms with Crippen molar-refractivity contribution in [1.29, 1.82) is 0 Å². The summed E-state index contributed by atoms with van der Waals surface area (Å²) in [5.41, 5.74) is 0. The van der Waals surface area contributed by atoms with Crippen LogP contribution in [0.4, 0.5) is 0 Å². The van der Waals surface area contributed by atoms with Crippen LogP contribution in [0.2, 0.25) is 0 Å². The second kappa shape index (κ2) is 21.6. The van der Waals surface area contributed by atoms with Crippen molar-refractivity contribution in [2.24, 2.45) is 0 Å². The molecule has 0 bridgehead atoms. The van der Waals surface area contributed by atoms with Gasteiger partial charge in [0, 0.05) is 77.0 Å². The largest absolute Gasteiger partial charge is 0.379 e. The molecule has 1 aliphatic heterocycles. The Labute approximate surface area is 254 Å². The van der Waals surface area contributed by atoms with E-state index >= 15 is 0 Å². The molecule has 2 amide bonds. The van der Waals surface area contributed by atoms with E-state index in [0.29, 0.717) is 75.0 Å². The van der Waals surface area contributed by atoms with Crippen LogP contribution < -0.4 is 0 Å². The normalized spacial score (nSPS) is 17.4. The lowest BCUT2D eigenvalue weighted by Crippen LogP contribution is -2.67. The van der Waals surface area contributed by atoms with Crippen LogP contribution in [0.15, 0.2) is 0 Å². The van der Waals surface area contributed by atoms with Crippen molar-refractivity contribution in [2.45, 2.75) is 65.5 Å². The topological polar surface area (TPSA) is 127 Å². The first-order valence-electron chi connectivity index (χ1n) is 13.3. The molecule has 0 N–H and O–H groups in total. The first-order valence-corrected chi connectivity index (χ1v) is 17.3. The van der Waals surface area contributed by atoms with Crippen LogP contribution in [-0.4, -0.2) is 117 Å². The lowest BCUT2D eigenvalue weighted by Gasteiger charge is -2.45. The molecule has 0 radical (unpaired) electrons. The highest BCUT2D eigenvalue weighted by Gasteiger charge is 2.45. The van der Waals surface area contributed by atoms with Gasteiger partial charge in [-0.1, -0.05) is 47.0 Å². The Morgan fingerprint density at radius 1 is 0.575 bits per heavy atom. The third kappa shape index (κ3) is 15.8. The molecule has 2 atom stereocenters. The molecule has 0 aliphatic carbocycles. The molecule has 10 nitrogen and oxygen atoms in total. The van der Waals surface area contributed by atoms with Gasteiger partial charge >= 0.3 is 0 Å². The van der Waals surface area contributed by atoms with E-state index in [1.807, 2.05) is 0 Å². The number of ether oxygens (including phenoxy) is 2. The van der Waals surface area contributed by atoms with Gasteiger partial charge in [-0.05, 0) is 25.7 Å². The molecule has 0 saturated carbocycles. The Balaban J connectivity index is 2.96. The van der Waals surface area contributed by atoms with Crippen LogP contribution in [0.5, 0.6) is 0 Å². The van der Waals surface area contributed by atoms with Gasteiger partial charge in [0.05, 0.1) is 13.2 Å². The maximum absolute atomic E-state index is 13.8. The molecule has 0 spiro atoms. The summed E-state index contributed by atoms with van der Waals surface area (Å²) in [5, 5.41) is 0.0561. The summed E-state index contributed by atoms with van der Waals surface area (Å²) in [6.45, 7) is 7.38. The lowest BCUT2D eigenvalue weighted by atomic mass is 10.0. The average Bonchev–Trinajstić information content (AvgIpc) is 2.87. The zero-order valence-corrected chi connectivity index (χ0v) is 27.1. The molecule has 0 aromatic heterocycles. The maximum Gasteiger partial charge on any atom is 0.248 e. The van der Waals surface area contributed by atoms with E-state index in [9.17, 15) is 28.8 Å². The fourth-order valence-corrected chi connectivity index (χ4v) is 6.08. The number of rotatable bonds is 20. The van der Waals surface area contributed by atoms with Gasteiger partial charge in [-0.15, -0.1) is 0 Å². The number of amides is 2. The van der Waals surface area contributed by atoms with E-state index in [0.717, 1.165) is 0 Å². The predicted molar refractivity (Wildman–Crippen MR) is 164 cm³/mol. The van der Waals surface area contributed by atoms with Crippen molar-refractivity contribution in [3.63, 3.8) is 0 Å². The SMILES string of the molecule is CC(=O)SCCCOCC1C(=O)N(CCCSC(C)=O)C(COCCCSC(C)=O)C(=O)N1CCCSC(C)=O. The van der Waals surface area contributed by atoms with Crippen LogP contribution in [0.25, 0.3) is 0 Å². The van der Waals surface area contributed by atoms with Crippen molar-refractivity contribution in [2.75, 3.05) is 62.5 Å². The zero-order valence-electron chi connectivity index (χ0n) is 23.8. The fraction of sp³-hybridized carbons (Fsp3) is 0.769. The summed E-state index contributed by atoms with van der Waals surface area (Å²) in [7, 11) is 0. The predicted octanol–water partition coefficient (Wildman–Crippen LogP) is 3.11. The van der Waals surface area contributed by atoms with Crippen molar-refractivity contribution in [1.82, 2.24) is 9.80 Å². The third-order valence-electron chi connectivity index (χ3n) is 5.61. The van der Waals surface area contributed by atoms with E-state index in [4.69, 9.17) is 9.47 Å². The summed E-state index contributed by atoms with van der Waals surface area (Å²) < 4.78 is 11.6. The highest BCUT2D eigenvalue weighted by Crippen LogP contribution is 2.22. The highest BCUT2D eigenvalue weighted by molar-refractivity contribution is 8.14. The molecule has 1 heterocycles. The molecule has 228 valence electrons. The molecule has 1 saturated heterocycles. The summed E-state index contributed by atoms with van der Waals surface area (Å²) in [6.07, 6.45) is 2.36. The second-order valence-electron chi connectivity index (χ2n) is 9.02. The first kappa shape index (κ1) is 37.0. The molecular formula is C26H42N2O8S4. The molecule has 2 unspecified atom stereocenters. The van der Waals surface area contributed by atoms with E-state index in [2.05, 4.69) is 0 Å². The highest BCUT2D eigenvalue weighted by atomic mass is 32.2. The quantitative estimate of drug-likeness (QED) is 0.182. The summed E-state index contributed by atoms with van der Waals surface area (Å²) in [4.78, 5) is 75.6. The Kier molecular flexibility index (Phi) is 20.0. The molecule has 0 aromatic rings. The summed E-state index contributed by atoms with van der Waals surface area (Å²) >= 11 is 4.79. The lowest BCUT2D eigenvalue weighted by molar-refractivity contribution is -0.167. The Hall–Kier alpha value is -1.06. The van der Waals surface area contributed by atoms with Gasteiger partial charge in [0.1, 0.15) is 12.1 Å². The van der Waals surface area contributed by atoms with E-state index in [-0.39, 0.29) is 45.5 Å². The van der Waals surface area contributed by atoms with Gasteiger partial charge < -0.3 is 19.3 Å². The Bertz CT molecular complexity index is 793. The number of hydrogen-bond donors (Lipinski definition) is 0. The smallest absolute Gasteiger partial charge is 0.248 e. The minimum absolute atomic E-state index is 0.00632. The molecular weight excluding hydrogens is 597 g/mol. The van der Waals surface area contributed by atoms with Gasteiger partial charge in [-0.25, -0.2) is 0 Å². The van der Waals surface area contributed by atoms with Gasteiger partial charge in [-0.2, -0.15) is 0 Å². The minimum Gasteiger partial charge on any atom is -0.379 e. The Morgan fingerprint density at radius 2 is 0.875 bits per heavy atom. The fourth-order valence-electron chi connectivity index (χ4n) is 3.86. The van der Waals surface area contributed by atoms with Crippen LogP contribution >= 0.6 is 47.0 Å². The summed E-state index contributed by atoms with van der Waals surface area (Å²) in [6, 6.07) is -1.61. The Morgan fingerprint density at radius 3 is 1.18 bits per heavy atom. The molecule has 40 heavy (non-hydrogen) atoms. The molecule has 1 rings (SSSR count). The number of carbonyl (C=O) groups is 6. The van der Waals surface area contributed by atoms with Crippen LogP contribution in [0.3, 0.4) is 0 Å². The zero-order chi connectivity index (χ0) is 29.9. The number of carbonyl (C=O) groups excluding carboxylic acids is 6. The third-order valence-corrected chi connectivity index (χ3v) is 9.21. The van der Waals surface area contributed by atoms with Gasteiger partial charge in [0.25, 0.3) is 0 Å². The molecule has 14 heteroatoms. The number of nitrogens with zero attached hydrogens (tertiary/aromatic N) is 2.